The molecular weight excluding hydrogens is 354 g/mol. The van der Waals surface area contributed by atoms with Gasteiger partial charge in [0.2, 0.25) is 0 Å². The normalized spacial score (nSPS) is 17.3. The Morgan fingerprint density at radius 3 is 2.46 bits per heavy atom. The number of hydrogen-bond donors (Lipinski definition) is 0. The lowest BCUT2D eigenvalue weighted by molar-refractivity contribution is -0.141. The number of benzene rings is 1. The number of nitriles is 1. The third-order valence-corrected chi connectivity index (χ3v) is 5.19. The lowest BCUT2D eigenvalue weighted by Gasteiger charge is -2.36. The number of rotatable bonds is 5. The molecular formula is C22H23N3O3. The molecule has 6 heteroatoms. The maximum atomic E-state index is 11.3. The van der Waals surface area contributed by atoms with E-state index in [1.165, 1.54) is 7.11 Å². The van der Waals surface area contributed by atoms with Gasteiger partial charge < -0.3 is 9.64 Å². The van der Waals surface area contributed by atoms with Gasteiger partial charge in [-0.2, -0.15) is 5.26 Å². The first-order valence-corrected chi connectivity index (χ1v) is 9.34. The van der Waals surface area contributed by atoms with Crippen LogP contribution >= 0.6 is 0 Å². The van der Waals surface area contributed by atoms with E-state index in [-0.39, 0.29) is 5.97 Å². The Labute approximate surface area is 165 Å². The molecule has 6 nitrogen and oxygen atoms in total. The molecule has 0 amide bonds. The number of ether oxygens (including phenoxy) is 1. The van der Waals surface area contributed by atoms with E-state index < -0.39 is 0 Å². The molecule has 1 heterocycles. The molecule has 144 valence electrons. The average molecular weight is 377 g/mol. The van der Waals surface area contributed by atoms with Gasteiger partial charge in [0.05, 0.1) is 19.6 Å². The van der Waals surface area contributed by atoms with Gasteiger partial charge in [-0.3, -0.25) is 9.69 Å². The second-order valence-electron chi connectivity index (χ2n) is 6.84. The lowest BCUT2D eigenvalue weighted by atomic mass is 9.89. The molecule has 1 fully saturated rings. The van der Waals surface area contributed by atoms with Gasteiger partial charge in [-0.15, -0.1) is 0 Å². The van der Waals surface area contributed by atoms with Crippen molar-refractivity contribution in [2.45, 2.75) is 12.8 Å². The Hall–Kier alpha value is -3.13. The molecule has 3 rings (SSSR count). The summed E-state index contributed by atoms with van der Waals surface area (Å²) in [6.07, 6.45) is 4.34. The van der Waals surface area contributed by atoms with E-state index >= 15 is 0 Å². The third kappa shape index (κ3) is 4.58. The van der Waals surface area contributed by atoms with E-state index in [0.29, 0.717) is 24.0 Å². The first kappa shape index (κ1) is 19.6. The minimum atomic E-state index is -0.171. The fraction of sp³-hybridized carbons (Fsp3) is 0.364. The molecule has 1 saturated heterocycles. The quantitative estimate of drug-likeness (QED) is 0.579. The second-order valence-corrected chi connectivity index (χ2v) is 6.84. The minimum absolute atomic E-state index is 0.171. The van der Waals surface area contributed by atoms with Crippen molar-refractivity contribution in [1.82, 2.24) is 4.90 Å². The molecule has 2 aliphatic rings. The maximum Gasteiger partial charge on any atom is 0.306 e. The van der Waals surface area contributed by atoms with Crippen LogP contribution in [0, 0.1) is 11.3 Å². The first-order valence-electron chi connectivity index (χ1n) is 9.34. The number of carbonyl (C=O) groups is 1. The summed E-state index contributed by atoms with van der Waals surface area (Å²) in [6, 6.07) is 10.2. The van der Waals surface area contributed by atoms with Crippen molar-refractivity contribution in [3.05, 3.63) is 53.1 Å². The Morgan fingerprint density at radius 2 is 1.86 bits per heavy atom. The van der Waals surface area contributed by atoms with Gasteiger partial charge in [0.25, 0.3) is 0 Å². The zero-order chi connectivity index (χ0) is 19.9. The molecule has 0 unspecified atom stereocenters. The van der Waals surface area contributed by atoms with Gasteiger partial charge in [-0.05, 0) is 29.3 Å². The molecule has 1 aliphatic carbocycles. The monoisotopic (exact) mass is 377 g/mol. The van der Waals surface area contributed by atoms with Crippen LogP contribution in [0.4, 0.5) is 5.69 Å². The molecule has 0 spiro atoms. The fourth-order valence-corrected chi connectivity index (χ4v) is 3.50. The molecule has 0 saturated carbocycles. The van der Waals surface area contributed by atoms with Crippen LogP contribution in [0.1, 0.15) is 18.4 Å². The fourth-order valence-electron chi connectivity index (χ4n) is 3.50. The third-order valence-electron chi connectivity index (χ3n) is 5.19. The largest absolute Gasteiger partial charge is 0.469 e. The molecule has 28 heavy (non-hydrogen) atoms. The average Bonchev–Trinajstić information content (AvgIpc) is 2.77. The van der Waals surface area contributed by atoms with Crippen LogP contribution < -0.4 is 4.90 Å². The molecule has 1 aromatic rings. The van der Waals surface area contributed by atoms with Crippen LogP contribution in [0.5, 0.6) is 0 Å². The zero-order valence-electron chi connectivity index (χ0n) is 16.0. The molecule has 0 N–H and O–H groups in total. The highest BCUT2D eigenvalue weighted by Gasteiger charge is 2.19. The predicted octanol–water partition coefficient (Wildman–Crippen LogP) is 2.37. The van der Waals surface area contributed by atoms with Crippen molar-refractivity contribution < 1.29 is 14.3 Å². The van der Waals surface area contributed by atoms with Crippen molar-refractivity contribution >= 4 is 23.2 Å². The SMILES string of the molecule is COC(=O)CCN1CCN(c2ccc(C3=CC=C(C#N)CC3=C=O)cc2)CC1. The van der Waals surface area contributed by atoms with Gasteiger partial charge in [-0.25, -0.2) is 4.79 Å². The molecule has 0 aromatic heterocycles. The molecule has 0 atom stereocenters. The van der Waals surface area contributed by atoms with Crippen LogP contribution in [0.2, 0.25) is 0 Å². The Morgan fingerprint density at radius 1 is 1.14 bits per heavy atom. The van der Waals surface area contributed by atoms with Crippen LogP contribution in [0.25, 0.3) is 5.57 Å². The summed E-state index contributed by atoms with van der Waals surface area (Å²) >= 11 is 0. The summed E-state index contributed by atoms with van der Waals surface area (Å²) in [5, 5.41) is 9.01. The number of carbonyl (C=O) groups excluding carboxylic acids is 2. The highest BCUT2D eigenvalue weighted by Crippen LogP contribution is 2.31. The maximum absolute atomic E-state index is 11.3. The summed E-state index contributed by atoms with van der Waals surface area (Å²) < 4.78 is 4.70. The van der Waals surface area contributed by atoms with Crippen LogP contribution in [0.15, 0.2) is 47.6 Å². The van der Waals surface area contributed by atoms with Crippen molar-refractivity contribution in [2.24, 2.45) is 0 Å². The molecule has 1 aliphatic heterocycles. The van der Waals surface area contributed by atoms with Crippen molar-refractivity contribution in [2.75, 3.05) is 44.7 Å². The number of methoxy groups -OCH3 is 1. The highest BCUT2D eigenvalue weighted by atomic mass is 16.5. The number of hydrogen-bond acceptors (Lipinski definition) is 6. The molecule has 0 radical (unpaired) electrons. The van der Waals surface area contributed by atoms with Gasteiger partial charge in [0.1, 0.15) is 5.94 Å². The minimum Gasteiger partial charge on any atom is -0.469 e. The number of nitrogens with zero attached hydrogens (tertiary/aromatic N) is 3. The van der Waals surface area contributed by atoms with Gasteiger partial charge in [0, 0.05) is 56.0 Å². The first-order chi connectivity index (χ1) is 13.6. The lowest BCUT2D eigenvalue weighted by Crippen LogP contribution is -2.46. The van der Waals surface area contributed by atoms with E-state index in [1.54, 1.807) is 6.08 Å². The second kappa shape index (κ2) is 9.18. The Kier molecular flexibility index (Phi) is 6.44. The smallest absolute Gasteiger partial charge is 0.306 e. The number of anilines is 1. The summed E-state index contributed by atoms with van der Waals surface area (Å²) in [7, 11) is 1.42. The topological polar surface area (TPSA) is 73.6 Å². The van der Waals surface area contributed by atoms with Crippen molar-refractivity contribution in [3.8, 4) is 6.07 Å². The van der Waals surface area contributed by atoms with E-state index in [1.807, 2.05) is 24.2 Å². The van der Waals surface area contributed by atoms with Crippen molar-refractivity contribution in [1.29, 1.82) is 5.26 Å². The van der Waals surface area contributed by atoms with Crippen LogP contribution in [-0.4, -0.2) is 56.6 Å². The van der Waals surface area contributed by atoms with Crippen molar-refractivity contribution in [3.63, 3.8) is 0 Å². The summed E-state index contributed by atoms with van der Waals surface area (Å²) in [4.78, 5) is 27.1. The number of allylic oxidation sites excluding steroid dienone is 5. The number of piperazine rings is 1. The summed E-state index contributed by atoms with van der Waals surface area (Å²) in [6.45, 7) is 4.34. The molecule has 0 bridgehead atoms. The Bertz CT molecular complexity index is 879. The number of esters is 1. The van der Waals surface area contributed by atoms with E-state index in [0.717, 1.165) is 49.5 Å². The van der Waals surface area contributed by atoms with Gasteiger partial charge >= 0.3 is 5.97 Å². The predicted molar refractivity (Wildman–Crippen MR) is 107 cm³/mol. The summed E-state index contributed by atoms with van der Waals surface area (Å²) in [5.41, 5.74) is 4.01. The standard InChI is InChI=1S/C22H23N3O3/c1-28-22(27)8-9-24-10-12-25(13-11-24)20-5-3-18(4-6-20)21-7-2-17(15-23)14-19(21)16-26/h2-7H,8-14H2,1H3. The van der Waals surface area contributed by atoms with E-state index in [4.69, 9.17) is 10.00 Å². The van der Waals surface area contributed by atoms with E-state index in [2.05, 4.69) is 28.0 Å². The Balaban J connectivity index is 1.62. The van der Waals surface area contributed by atoms with Gasteiger partial charge in [-0.1, -0.05) is 18.2 Å². The summed E-state index contributed by atoms with van der Waals surface area (Å²) in [5.74, 6) is 1.81. The highest BCUT2D eigenvalue weighted by molar-refractivity contribution is 5.90. The molecule has 1 aromatic carbocycles. The van der Waals surface area contributed by atoms with Crippen LogP contribution in [0.3, 0.4) is 0 Å². The zero-order valence-corrected chi connectivity index (χ0v) is 16.0. The van der Waals surface area contributed by atoms with Gasteiger partial charge in [0.15, 0.2) is 0 Å². The van der Waals surface area contributed by atoms with E-state index in [9.17, 15) is 9.59 Å². The van der Waals surface area contributed by atoms with Crippen LogP contribution in [-0.2, 0) is 14.3 Å².